The van der Waals surface area contributed by atoms with Gasteiger partial charge in [0.1, 0.15) is 0 Å². The molecule has 2 aromatic rings. The first-order valence-electron chi connectivity index (χ1n) is 8.77. The highest BCUT2D eigenvalue weighted by Gasteiger charge is 2.17. The molecule has 0 fully saturated rings. The van der Waals surface area contributed by atoms with E-state index >= 15 is 0 Å². The first-order valence-corrected chi connectivity index (χ1v) is 9.28. The van der Waals surface area contributed by atoms with Crippen LogP contribution in [0.3, 0.4) is 0 Å². The maximum Gasteiger partial charge on any atom is 0.232 e. The highest BCUT2D eigenvalue weighted by molar-refractivity contribution is 7.81. The molecule has 1 atom stereocenters. The highest BCUT2D eigenvalue weighted by atomic mass is 32.1. The third-order valence-electron chi connectivity index (χ3n) is 4.50. The number of hydrogen-bond acceptors (Lipinski definition) is 4. The minimum atomic E-state index is -0.255. The summed E-state index contributed by atoms with van der Waals surface area (Å²) in [5.74, 6) is -0.00919. The number of anilines is 1. The number of thiol groups is 1. The molecule has 5 heteroatoms. The van der Waals surface area contributed by atoms with Gasteiger partial charge in [-0.15, -0.1) is 0 Å². The van der Waals surface area contributed by atoms with Crippen molar-refractivity contribution < 1.29 is 4.79 Å². The van der Waals surface area contributed by atoms with Gasteiger partial charge in [0.25, 0.3) is 0 Å². The van der Waals surface area contributed by atoms with Gasteiger partial charge < -0.3 is 10.6 Å². The number of amides is 1. The standard InChI is InChI=1S/C19H25N3OS/c1-13(24)19(23)21-12-6-11-20-18-14-7-2-4-9-16(14)22-17-10-5-3-8-15(17)18/h2,4,7,9,13,24H,3,5-6,8,10-12H2,1H3,(H,20,22)(H,21,23). The molecule has 0 bridgehead atoms. The van der Waals surface area contributed by atoms with E-state index in [0.717, 1.165) is 31.3 Å². The van der Waals surface area contributed by atoms with Crippen LogP contribution in [0.25, 0.3) is 10.9 Å². The summed E-state index contributed by atoms with van der Waals surface area (Å²) in [6, 6.07) is 8.34. The molecule has 1 amide bonds. The van der Waals surface area contributed by atoms with E-state index in [2.05, 4.69) is 41.5 Å². The maximum absolute atomic E-state index is 11.5. The first-order chi connectivity index (χ1) is 11.7. The van der Waals surface area contributed by atoms with E-state index in [1.165, 1.54) is 35.2 Å². The molecule has 4 nitrogen and oxygen atoms in total. The Morgan fingerprint density at radius 2 is 2.04 bits per heavy atom. The molecular weight excluding hydrogens is 318 g/mol. The van der Waals surface area contributed by atoms with Gasteiger partial charge in [-0.3, -0.25) is 9.78 Å². The number of pyridine rings is 1. The lowest BCUT2D eigenvalue weighted by Gasteiger charge is -2.21. The van der Waals surface area contributed by atoms with Crippen LogP contribution >= 0.6 is 12.6 Å². The van der Waals surface area contributed by atoms with E-state index in [-0.39, 0.29) is 11.2 Å². The van der Waals surface area contributed by atoms with Gasteiger partial charge in [0, 0.05) is 29.9 Å². The van der Waals surface area contributed by atoms with Gasteiger partial charge in [-0.1, -0.05) is 18.2 Å². The second-order valence-corrected chi connectivity index (χ2v) is 7.16. The Hall–Kier alpha value is -1.75. The van der Waals surface area contributed by atoms with Crippen molar-refractivity contribution in [2.75, 3.05) is 18.4 Å². The number of fused-ring (bicyclic) bond motifs is 2. The topological polar surface area (TPSA) is 54.0 Å². The third-order valence-corrected chi connectivity index (χ3v) is 4.74. The molecule has 1 aromatic carbocycles. The van der Waals surface area contributed by atoms with Crippen molar-refractivity contribution in [2.45, 2.75) is 44.3 Å². The Kier molecular flexibility index (Phi) is 5.61. The summed E-state index contributed by atoms with van der Waals surface area (Å²) < 4.78 is 0. The van der Waals surface area contributed by atoms with E-state index in [1.54, 1.807) is 6.92 Å². The zero-order valence-electron chi connectivity index (χ0n) is 14.1. The van der Waals surface area contributed by atoms with Gasteiger partial charge in [-0.2, -0.15) is 12.6 Å². The van der Waals surface area contributed by atoms with E-state index in [9.17, 15) is 4.79 Å². The second-order valence-electron chi connectivity index (χ2n) is 6.38. The van der Waals surface area contributed by atoms with Crippen LogP contribution in [0.5, 0.6) is 0 Å². The molecule has 0 aliphatic heterocycles. The van der Waals surface area contributed by atoms with Crippen LogP contribution in [-0.2, 0) is 17.6 Å². The van der Waals surface area contributed by atoms with Crippen LogP contribution in [0.2, 0.25) is 0 Å². The summed E-state index contributed by atoms with van der Waals surface area (Å²) in [7, 11) is 0. The number of nitrogens with zero attached hydrogens (tertiary/aromatic N) is 1. The van der Waals surface area contributed by atoms with E-state index < -0.39 is 0 Å². The van der Waals surface area contributed by atoms with E-state index in [1.807, 2.05) is 6.07 Å². The fourth-order valence-electron chi connectivity index (χ4n) is 3.24. The summed E-state index contributed by atoms with van der Waals surface area (Å²) >= 11 is 4.14. The normalized spacial score (nSPS) is 14.9. The minimum absolute atomic E-state index is 0.00919. The number of aromatic nitrogens is 1. The SMILES string of the molecule is CC(S)C(=O)NCCCNc1c2c(nc3ccccc13)CCCC2. The maximum atomic E-state index is 11.5. The highest BCUT2D eigenvalue weighted by Crippen LogP contribution is 2.33. The molecule has 1 unspecified atom stereocenters. The molecule has 1 aliphatic rings. The van der Waals surface area contributed by atoms with Gasteiger partial charge in [-0.25, -0.2) is 0 Å². The van der Waals surface area contributed by atoms with Crippen LogP contribution in [0, 0.1) is 0 Å². The molecule has 0 spiro atoms. The molecular formula is C19H25N3OS. The van der Waals surface area contributed by atoms with Crippen molar-refractivity contribution in [1.29, 1.82) is 0 Å². The van der Waals surface area contributed by atoms with Gasteiger partial charge in [0.05, 0.1) is 10.8 Å². The summed E-state index contributed by atoms with van der Waals surface area (Å²) in [6.07, 6.45) is 5.52. The Balaban J connectivity index is 1.70. The lowest BCUT2D eigenvalue weighted by molar-refractivity contribution is -0.120. The van der Waals surface area contributed by atoms with Crippen LogP contribution in [0.1, 0.15) is 37.4 Å². The Labute approximate surface area is 148 Å². The van der Waals surface area contributed by atoms with Gasteiger partial charge in [-0.05, 0) is 50.7 Å². The predicted molar refractivity (Wildman–Crippen MR) is 103 cm³/mol. The van der Waals surface area contributed by atoms with Crippen LogP contribution < -0.4 is 10.6 Å². The average molecular weight is 343 g/mol. The Bertz CT molecular complexity index is 730. The predicted octanol–water partition coefficient (Wildman–Crippen LogP) is 3.35. The fraction of sp³-hybridized carbons (Fsp3) is 0.474. The first kappa shape index (κ1) is 17.1. The molecule has 3 rings (SSSR count). The largest absolute Gasteiger partial charge is 0.384 e. The number of carbonyl (C=O) groups excluding carboxylic acids is 1. The van der Waals surface area contributed by atoms with Crippen molar-refractivity contribution in [1.82, 2.24) is 10.3 Å². The van der Waals surface area contributed by atoms with Crippen molar-refractivity contribution in [3.8, 4) is 0 Å². The van der Waals surface area contributed by atoms with Crippen LogP contribution in [-0.4, -0.2) is 29.2 Å². The number of carbonyl (C=O) groups is 1. The fourth-order valence-corrected chi connectivity index (χ4v) is 3.33. The summed E-state index contributed by atoms with van der Waals surface area (Å²) in [5, 5.41) is 7.45. The number of benzene rings is 1. The average Bonchev–Trinajstić information content (AvgIpc) is 2.60. The number of para-hydroxylation sites is 1. The molecule has 1 aliphatic carbocycles. The molecule has 0 saturated carbocycles. The molecule has 24 heavy (non-hydrogen) atoms. The van der Waals surface area contributed by atoms with E-state index in [4.69, 9.17) is 4.98 Å². The molecule has 0 radical (unpaired) electrons. The summed E-state index contributed by atoms with van der Waals surface area (Å²) in [5.41, 5.74) is 4.94. The number of nitrogens with one attached hydrogen (secondary N) is 2. The minimum Gasteiger partial charge on any atom is -0.384 e. The van der Waals surface area contributed by atoms with Crippen LogP contribution in [0.4, 0.5) is 5.69 Å². The lowest BCUT2D eigenvalue weighted by Crippen LogP contribution is -2.31. The second kappa shape index (κ2) is 7.88. The Morgan fingerprint density at radius 1 is 1.25 bits per heavy atom. The molecule has 1 aromatic heterocycles. The molecule has 2 N–H and O–H groups in total. The van der Waals surface area contributed by atoms with Crippen molar-refractivity contribution in [3.05, 3.63) is 35.5 Å². The summed E-state index contributed by atoms with van der Waals surface area (Å²) in [6.45, 7) is 3.29. The van der Waals surface area contributed by atoms with Crippen molar-refractivity contribution in [2.24, 2.45) is 0 Å². The third kappa shape index (κ3) is 3.83. The van der Waals surface area contributed by atoms with Crippen molar-refractivity contribution >= 4 is 35.1 Å². The number of aryl methyl sites for hydroxylation is 1. The van der Waals surface area contributed by atoms with E-state index in [0.29, 0.717) is 6.54 Å². The zero-order chi connectivity index (χ0) is 16.9. The number of hydrogen-bond donors (Lipinski definition) is 3. The van der Waals surface area contributed by atoms with Crippen LogP contribution in [0.15, 0.2) is 24.3 Å². The summed E-state index contributed by atoms with van der Waals surface area (Å²) in [4.78, 5) is 16.4. The zero-order valence-corrected chi connectivity index (χ0v) is 15.0. The van der Waals surface area contributed by atoms with Gasteiger partial charge in [0.2, 0.25) is 5.91 Å². The van der Waals surface area contributed by atoms with Gasteiger partial charge >= 0.3 is 0 Å². The van der Waals surface area contributed by atoms with Gasteiger partial charge in [0.15, 0.2) is 0 Å². The molecule has 1 heterocycles. The quantitative estimate of drug-likeness (QED) is 0.557. The number of rotatable bonds is 6. The monoisotopic (exact) mass is 343 g/mol. The molecule has 128 valence electrons. The Morgan fingerprint density at radius 3 is 2.88 bits per heavy atom. The molecule has 0 saturated heterocycles. The lowest BCUT2D eigenvalue weighted by atomic mass is 9.92. The smallest absolute Gasteiger partial charge is 0.232 e. The van der Waals surface area contributed by atoms with Crippen molar-refractivity contribution in [3.63, 3.8) is 0 Å².